The minimum Gasteiger partial charge on any atom is -0.357 e. The van der Waals surface area contributed by atoms with Crippen molar-refractivity contribution in [1.29, 1.82) is 0 Å². The average molecular weight is 229 g/mol. The minimum atomic E-state index is -0.673. The van der Waals surface area contributed by atoms with Crippen molar-refractivity contribution in [3.05, 3.63) is 23.9 Å². The third-order valence-corrected chi connectivity index (χ3v) is 2.37. The van der Waals surface area contributed by atoms with E-state index in [9.17, 15) is 8.78 Å². The molecule has 0 amide bonds. The molecule has 0 fully saturated rings. The van der Waals surface area contributed by atoms with E-state index < -0.39 is 11.6 Å². The summed E-state index contributed by atoms with van der Waals surface area (Å²) in [5.41, 5.74) is 5.45. The van der Waals surface area contributed by atoms with Crippen LogP contribution in [0.15, 0.2) is 12.3 Å². The van der Waals surface area contributed by atoms with E-state index in [0.717, 1.165) is 12.3 Å². The largest absolute Gasteiger partial charge is 0.357 e. The smallest absolute Gasteiger partial charge is 0.168 e. The van der Waals surface area contributed by atoms with Gasteiger partial charge >= 0.3 is 0 Å². The Balaban J connectivity index is 2.84. The van der Waals surface area contributed by atoms with Crippen molar-refractivity contribution in [2.75, 3.05) is 25.0 Å². The lowest BCUT2D eigenvalue weighted by Gasteiger charge is -2.29. The van der Waals surface area contributed by atoms with Crippen LogP contribution in [0.3, 0.4) is 0 Å². The van der Waals surface area contributed by atoms with Gasteiger partial charge in [-0.2, -0.15) is 0 Å². The van der Waals surface area contributed by atoms with Gasteiger partial charge in [0.2, 0.25) is 0 Å². The van der Waals surface area contributed by atoms with Gasteiger partial charge in [0.25, 0.3) is 0 Å². The Morgan fingerprint density at radius 3 is 2.56 bits per heavy atom. The van der Waals surface area contributed by atoms with Crippen molar-refractivity contribution in [2.45, 2.75) is 13.8 Å². The summed E-state index contributed by atoms with van der Waals surface area (Å²) in [5.74, 6) is -1.19. The number of nitrogens with zero attached hydrogens (tertiary/aromatic N) is 2. The number of halogens is 2. The summed E-state index contributed by atoms with van der Waals surface area (Å²) in [4.78, 5) is 5.37. The van der Waals surface area contributed by atoms with E-state index in [2.05, 4.69) is 4.98 Å². The van der Waals surface area contributed by atoms with Crippen LogP contribution in [0.4, 0.5) is 14.6 Å². The molecule has 3 nitrogen and oxygen atoms in total. The van der Waals surface area contributed by atoms with Gasteiger partial charge in [-0.15, -0.1) is 0 Å². The molecule has 0 spiro atoms. The van der Waals surface area contributed by atoms with Gasteiger partial charge in [-0.25, -0.2) is 13.8 Å². The van der Waals surface area contributed by atoms with E-state index in [1.165, 1.54) is 0 Å². The third kappa shape index (κ3) is 3.13. The standard InChI is InChI=1S/C11H17F2N3/c1-11(2,6-14)7-16(3)10-9(13)4-8(12)5-15-10/h4-5H,6-7,14H2,1-3H3. The number of hydrogen-bond acceptors (Lipinski definition) is 3. The summed E-state index contributed by atoms with van der Waals surface area (Å²) in [6.45, 7) is 5.00. The Morgan fingerprint density at radius 1 is 1.44 bits per heavy atom. The molecule has 0 unspecified atom stereocenters. The summed E-state index contributed by atoms with van der Waals surface area (Å²) < 4.78 is 26.1. The predicted molar refractivity (Wildman–Crippen MR) is 60.3 cm³/mol. The van der Waals surface area contributed by atoms with Crippen LogP contribution in [0.5, 0.6) is 0 Å². The van der Waals surface area contributed by atoms with Crippen LogP contribution in [0, 0.1) is 17.0 Å². The summed E-state index contributed by atoms with van der Waals surface area (Å²) in [6.07, 6.45) is 1.00. The fourth-order valence-corrected chi connectivity index (χ4v) is 1.47. The fourth-order valence-electron chi connectivity index (χ4n) is 1.47. The summed E-state index contributed by atoms with van der Waals surface area (Å²) >= 11 is 0. The number of nitrogens with two attached hydrogens (primary N) is 1. The van der Waals surface area contributed by atoms with E-state index in [1.54, 1.807) is 11.9 Å². The normalized spacial score (nSPS) is 11.6. The van der Waals surface area contributed by atoms with Crippen molar-refractivity contribution in [1.82, 2.24) is 4.98 Å². The van der Waals surface area contributed by atoms with E-state index in [0.29, 0.717) is 13.1 Å². The van der Waals surface area contributed by atoms with Gasteiger partial charge in [-0.05, 0) is 12.0 Å². The van der Waals surface area contributed by atoms with Gasteiger partial charge in [0.15, 0.2) is 11.6 Å². The zero-order valence-corrected chi connectivity index (χ0v) is 9.80. The monoisotopic (exact) mass is 229 g/mol. The van der Waals surface area contributed by atoms with Crippen LogP contribution < -0.4 is 10.6 Å². The molecular weight excluding hydrogens is 212 g/mol. The Labute approximate surface area is 94.3 Å². The van der Waals surface area contributed by atoms with Crippen LogP contribution in [0.1, 0.15) is 13.8 Å². The van der Waals surface area contributed by atoms with Crippen LogP contribution in [-0.4, -0.2) is 25.1 Å². The van der Waals surface area contributed by atoms with Crippen molar-refractivity contribution in [2.24, 2.45) is 11.1 Å². The molecule has 0 atom stereocenters. The molecule has 0 aliphatic rings. The van der Waals surface area contributed by atoms with E-state index in [4.69, 9.17) is 5.73 Å². The molecule has 90 valence electrons. The Bertz CT molecular complexity index is 366. The SMILES string of the molecule is CN(CC(C)(C)CN)c1ncc(F)cc1F. The predicted octanol–water partition coefficient (Wildman–Crippen LogP) is 1.78. The molecule has 0 radical (unpaired) electrons. The second-order valence-corrected chi connectivity index (χ2v) is 4.68. The first kappa shape index (κ1) is 12.8. The second kappa shape index (κ2) is 4.74. The van der Waals surface area contributed by atoms with Crippen molar-refractivity contribution in [3.63, 3.8) is 0 Å². The van der Waals surface area contributed by atoms with Gasteiger partial charge < -0.3 is 10.6 Å². The van der Waals surface area contributed by atoms with Gasteiger partial charge in [0.05, 0.1) is 6.20 Å². The lowest BCUT2D eigenvalue weighted by atomic mass is 9.93. The third-order valence-electron chi connectivity index (χ3n) is 2.37. The highest BCUT2D eigenvalue weighted by Gasteiger charge is 2.20. The molecule has 16 heavy (non-hydrogen) atoms. The van der Waals surface area contributed by atoms with E-state index in [-0.39, 0.29) is 11.2 Å². The van der Waals surface area contributed by atoms with Gasteiger partial charge in [-0.3, -0.25) is 0 Å². The molecule has 1 heterocycles. The number of anilines is 1. The first-order valence-corrected chi connectivity index (χ1v) is 5.08. The van der Waals surface area contributed by atoms with Crippen molar-refractivity contribution in [3.8, 4) is 0 Å². The van der Waals surface area contributed by atoms with Crippen LogP contribution in [-0.2, 0) is 0 Å². The lowest BCUT2D eigenvalue weighted by Crippen LogP contribution is -2.37. The lowest BCUT2D eigenvalue weighted by molar-refractivity contribution is 0.382. The van der Waals surface area contributed by atoms with Crippen LogP contribution >= 0.6 is 0 Å². The molecule has 0 aliphatic heterocycles. The molecule has 0 bridgehead atoms. The number of pyridine rings is 1. The highest BCUT2D eigenvalue weighted by atomic mass is 19.1. The number of aromatic nitrogens is 1. The maximum Gasteiger partial charge on any atom is 0.168 e. The molecule has 5 heteroatoms. The molecule has 0 aliphatic carbocycles. The Kier molecular flexibility index (Phi) is 3.80. The molecule has 0 saturated carbocycles. The molecule has 1 aromatic rings. The molecule has 0 aromatic carbocycles. The fraction of sp³-hybridized carbons (Fsp3) is 0.545. The first-order valence-electron chi connectivity index (χ1n) is 5.08. The van der Waals surface area contributed by atoms with E-state index >= 15 is 0 Å². The summed E-state index contributed by atoms with van der Waals surface area (Å²) in [6, 6.07) is 0.828. The molecule has 2 N–H and O–H groups in total. The highest BCUT2D eigenvalue weighted by molar-refractivity contribution is 5.39. The van der Waals surface area contributed by atoms with Crippen molar-refractivity contribution < 1.29 is 8.78 Å². The maximum absolute atomic E-state index is 13.4. The molecule has 0 saturated heterocycles. The average Bonchev–Trinajstić information content (AvgIpc) is 2.16. The van der Waals surface area contributed by atoms with Gasteiger partial charge in [0.1, 0.15) is 5.82 Å². The summed E-state index contributed by atoms with van der Waals surface area (Å²) in [7, 11) is 1.71. The van der Waals surface area contributed by atoms with Gasteiger partial charge in [-0.1, -0.05) is 13.8 Å². The topological polar surface area (TPSA) is 42.1 Å². The number of hydrogen-bond donors (Lipinski definition) is 1. The first-order chi connectivity index (χ1) is 7.35. The quantitative estimate of drug-likeness (QED) is 0.855. The maximum atomic E-state index is 13.4. The minimum absolute atomic E-state index is 0.142. The Hall–Kier alpha value is -1.23. The van der Waals surface area contributed by atoms with Crippen molar-refractivity contribution >= 4 is 5.82 Å². The zero-order chi connectivity index (χ0) is 12.3. The second-order valence-electron chi connectivity index (χ2n) is 4.68. The van der Waals surface area contributed by atoms with E-state index in [1.807, 2.05) is 13.8 Å². The Morgan fingerprint density at radius 2 is 2.06 bits per heavy atom. The molecule has 1 aromatic heterocycles. The zero-order valence-electron chi connectivity index (χ0n) is 9.80. The molecule has 1 rings (SSSR count). The van der Waals surface area contributed by atoms with Gasteiger partial charge in [0, 0.05) is 19.7 Å². The van der Waals surface area contributed by atoms with Crippen LogP contribution in [0.25, 0.3) is 0 Å². The highest BCUT2D eigenvalue weighted by Crippen LogP contribution is 2.20. The molecular formula is C11H17F2N3. The van der Waals surface area contributed by atoms with Crippen LogP contribution in [0.2, 0.25) is 0 Å². The summed E-state index contributed by atoms with van der Waals surface area (Å²) in [5, 5.41) is 0. The number of rotatable bonds is 4.